The second-order valence-electron chi connectivity index (χ2n) is 9.32. The molecule has 200 valence electrons. The van der Waals surface area contributed by atoms with Crippen molar-refractivity contribution < 1.29 is 9.66 Å². The van der Waals surface area contributed by atoms with Crippen LogP contribution in [-0.2, 0) is 6.61 Å². The van der Waals surface area contributed by atoms with Gasteiger partial charge in [-0.15, -0.1) is 0 Å². The molecule has 0 amide bonds. The van der Waals surface area contributed by atoms with Crippen LogP contribution in [0.25, 0.3) is 10.9 Å². The van der Waals surface area contributed by atoms with Gasteiger partial charge in [0.1, 0.15) is 12.4 Å². The van der Waals surface area contributed by atoms with Crippen molar-refractivity contribution in [3.63, 3.8) is 0 Å². The van der Waals surface area contributed by atoms with Crippen LogP contribution < -0.4 is 10.3 Å². The molecule has 1 aliphatic carbocycles. The molecule has 0 unspecified atom stereocenters. The maximum atomic E-state index is 13.6. The third-order valence-electron chi connectivity index (χ3n) is 6.70. The molecule has 5 rings (SSSR count). The smallest absolute Gasteiger partial charge is 0.311 e. The monoisotopic (exact) mass is 628 g/mol. The van der Waals surface area contributed by atoms with Crippen LogP contribution in [0.1, 0.15) is 55.0 Å². The summed E-state index contributed by atoms with van der Waals surface area (Å²) in [5, 5.41) is 17.5. The van der Waals surface area contributed by atoms with Gasteiger partial charge < -0.3 is 4.74 Å². The molecule has 8 nitrogen and oxygen atoms in total. The molecule has 1 aliphatic rings. The predicted octanol–water partition coefficient (Wildman–Crippen LogP) is 7.88. The van der Waals surface area contributed by atoms with Crippen LogP contribution >= 0.6 is 39.1 Å². The summed E-state index contributed by atoms with van der Waals surface area (Å²) < 4.78 is 8.00. The highest BCUT2D eigenvalue weighted by atomic mass is 79.9. The van der Waals surface area contributed by atoms with Crippen molar-refractivity contribution in [3.8, 4) is 5.75 Å². The molecule has 3 aromatic carbocycles. The molecule has 0 N–H and O–H groups in total. The fourth-order valence-electron chi connectivity index (χ4n) is 4.75. The van der Waals surface area contributed by atoms with Gasteiger partial charge in [-0.3, -0.25) is 14.9 Å². The van der Waals surface area contributed by atoms with E-state index >= 15 is 0 Å². The first-order chi connectivity index (χ1) is 18.8. The highest BCUT2D eigenvalue weighted by molar-refractivity contribution is 9.10. The van der Waals surface area contributed by atoms with Gasteiger partial charge in [0.15, 0.2) is 0 Å². The van der Waals surface area contributed by atoms with Gasteiger partial charge in [0.2, 0.25) is 5.75 Å². The van der Waals surface area contributed by atoms with Crippen LogP contribution in [-0.4, -0.2) is 20.8 Å². The normalized spacial score (nSPS) is 14.2. The van der Waals surface area contributed by atoms with E-state index in [4.69, 9.17) is 32.9 Å². The number of rotatable bonds is 7. The summed E-state index contributed by atoms with van der Waals surface area (Å²) in [5.74, 6) is 0.711. The zero-order valence-corrected chi connectivity index (χ0v) is 23.7. The number of ether oxygens (including phenoxy) is 1. The van der Waals surface area contributed by atoms with E-state index in [-0.39, 0.29) is 29.5 Å². The number of nitro benzene ring substituents is 1. The summed E-state index contributed by atoms with van der Waals surface area (Å²) in [6, 6.07) is 15.0. The summed E-state index contributed by atoms with van der Waals surface area (Å²) in [6.07, 6.45) is 6.51. The SMILES string of the molecule is O=c1c2cc(Br)ccc2nc(C2CCCCC2)n1N=Cc1cccc([N+](=O)[O-])c1OCc1ccc(Cl)c(Cl)c1. The van der Waals surface area contributed by atoms with Crippen LogP contribution in [0.5, 0.6) is 5.75 Å². The zero-order valence-electron chi connectivity index (χ0n) is 20.6. The Hall–Kier alpha value is -3.27. The number of fused-ring (bicyclic) bond motifs is 1. The highest BCUT2D eigenvalue weighted by Gasteiger charge is 2.23. The lowest BCUT2D eigenvalue weighted by Gasteiger charge is -2.22. The van der Waals surface area contributed by atoms with E-state index in [9.17, 15) is 14.9 Å². The van der Waals surface area contributed by atoms with Crippen molar-refractivity contribution in [2.45, 2.75) is 44.6 Å². The van der Waals surface area contributed by atoms with Crippen LogP contribution in [0.3, 0.4) is 0 Å². The van der Waals surface area contributed by atoms with Crippen LogP contribution in [0.15, 0.2) is 69.0 Å². The standard InChI is InChI=1S/C28H23BrCl2N4O4/c29-20-10-12-24-21(14-20)28(36)34(27(33-24)18-5-2-1-3-6-18)32-15-19-7-4-8-25(35(37)38)26(19)39-16-17-9-11-22(30)23(31)13-17/h4,7-15,18H,1-3,5-6,16H2. The highest BCUT2D eigenvalue weighted by Crippen LogP contribution is 2.33. The van der Waals surface area contributed by atoms with E-state index in [0.29, 0.717) is 37.9 Å². The Labute approximate surface area is 242 Å². The van der Waals surface area contributed by atoms with E-state index in [1.165, 1.54) is 17.0 Å². The van der Waals surface area contributed by atoms with Crippen molar-refractivity contribution in [1.82, 2.24) is 9.66 Å². The molecule has 1 heterocycles. The van der Waals surface area contributed by atoms with Gasteiger partial charge in [-0.1, -0.05) is 70.5 Å². The first-order valence-electron chi connectivity index (χ1n) is 12.4. The summed E-state index contributed by atoms with van der Waals surface area (Å²) in [6.45, 7) is 0.0153. The molecule has 0 aliphatic heterocycles. The van der Waals surface area contributed by atoms with Crippen molar-refractivity contribution >= 4 is 61.9 Å². The van der Waals surface area contributed by atoms with E-state index in [1.807, 2.05) is 12.1 Å². The summed E-state index contributed by atoms with van der Waals surface area (Å²) >= 11 is 15.5. The fraction of sp³-hybridized carbons (Fsp3) is 0.250. The van der Waals surface area contributed by atoms with Crippen molar-refractivity contribution in [2.24, 2.45) is 5.10 Å². The van der Waals surface area contributed by atoms with E-state index in [1.54, 1.807) is 36.4 Å². The minimum absolute atomic E-state index is 0.0153. The molecule has 0 saturated heterocycles. The number of halogens is 3. The lowest BCUT2D eigenvalue weighted by molar-refractivity contribution is -0.385. The number of benzene rings is 3. The largest absolute Gasteiger partial charge is 0.481 e. The molecule has 1 fully saturated rings. The molecule has 11 heteroatoms. The lowest BCUT2D eigenvalue weighted by Crippen LogP contribution is -2.25. The molecule has 0 atom stereocenters. The fourth-order valence-corrected chi connectivity index (χ4v) is 5.43. The molecule has 39 heavy (non-hydrogen) atoms. The number of hydrogen-bond donors (Lipinski definition) is 0. The second kappa shape index (κ2) is 11.9. The van der Waals surface area contributed by atoms with Crippen molar-refractivity contribution in [2.75, 3.05) is 0 Å². The Bertz CT molecular complexity index is 1650. The van der Waals surface area contributed by atoms with Crippen molar-refractivity contribution in [1.29, 1.82) is 0 Å². The minimum atomic E-state index is -0.518. The Kier molecular flexibility index (Phi) is 8.30. The number of nitrogens with zero attached hydrogens (tertiary/aromatic N) is 4. The maximum absolute atomic E-state index is 13.6. The topological polar surface area (TPSA) is 99.6 Å². The average molecular weight is 630 g/mol. The molecular formula is C28H23BrCl2N4O4. The van der Waals surface area contributed by atoms with E-state index in [0.717, 1.165) is 36.6 Å². The molecule has 0 radical (unpaired) electrons. The Morgan fingerprint density at radius 2 is 1.90 bits per heavy atom. The van der Waals surface area contributed by atoms with Gasteiger partial charge >= 0.3 is 5.69 Å². The first kappa shape index (κ1) is 27.3. The average Bonchev–Trinajstić information content (AvgIpc) is 2.94. The Morgan fingerprint density at radius 1 is 1.10 bits per heavy atom. The van der Waals surface area contributed by atoms with Gasteiger partial charge in [-0.05, 0) is 54.8 Å². The van der Waals surface area contributed by atoms with Gasteiger partial charge in [0.25, 0.3) is 5.56 Å². The molecule has 4 aromatic rings. The predicted molar refractivity (Wildman–Crippen MR) is 156 cm³/mol. The van der Waals surface area contributed by atoms with Gasteiger partial charge in [-0.25, -0.2) is 4.98 Å². The molecular weight excluding hydrogens is 607 g/mol. The van der Waals surface area contributed by atoms with Gasteiger partial charge in [0.05, 0.1) is 32.1 Å². The number of aromatic nitrogens is 2. The number of para-hydroxylation sites is 1. The van der Waals surface area contributed by atoms with Crippen molar-refractivity contribution in [3.05, 3.63) is 107 Å². The molecule has 0 spiro atoms. The minimum Gasteiger partial charge on any atom is -0.481 e. The van der Waals surface area contributed by atoms with E-state index in [2.05, 4.69) is 21.0 Å². The Balaban J connectivity index is 1.57. The summed E-state index contributed by atoms with van der Waals surface area (Å²) in [5.41, 5.74) is 1.11. The summed E-state index contributed by atoms with van der Waals surface area (Å²) in [4.78, 5) is 29.8. The van der Waals surface area contributed by atoms with Gasteiger partial charge in [-0.2, -0.15) is 9.78 Å². The third-order valence-corrected chi connectivity index (χ3v) is 7.94. The third kappa shape index (κ3) is 6.00. The van der Waals surface area contributed by atoms with E-state index < -0.39 is 4.92 Å². The molecule has 0 bridgehead atoms. The molecule has 1 aromatic heterocycles. The van der Waals surface area contributed by atoms with Crippen LogP contribution in [0, 0.1) is 10.1 Å². The van der Waals surface area contributed by atoms with Crippen LogP contribution in [0.4, 0.5) is 5.69 Å². The lowest BCUT2D eigenvalue weighted by atomic mass is 9.88. The van der Waals surface area contributed by atoms with Crippen LogP contribution in [0.2, 0.25) is 10.0 Å². The number of nitro groups is 1. The quantitative estimate of drug-likeness (QED) is 0.118. The molecule has 1 saturated carbocycles. The number of hydrogen-bond acceptors (Lipinski definition) is 6. The first-order valence-corrected chi connectivity index (χ1v) is 14.0. The van der Waals surface area contributed by atoms with Gasteiger partial charge in [0, 0.05) is 22.0 Å². The maximum Gasteiger partial charge on any atom is 0.311 e. The Morgan fingerprint density at radius 3 is 2.64 bits per heavy atom. The summed E-state index contributed by atoms with van der Waals surface area (Å²) in [7, 11) is 0. The second-order valence-corrected chi connectivity index (χ2v) is 11.0. The zero-order chi connectivity index (χ0) is 27.5.